The predicted octanol–water partition coefficient (Wildman–Crippen LogP) is 5.34. The number of fused-ring (bicyclic) bond motifs is 5. The predicted molar refractivity (Wildman–Crippen MR) is 228 cm³/mol. The van der Waals surface area contributed by atoms with Gasteiger partial charge in [0, 0.05) is 87.4 Å². The van der Waals surface area contributed by atoms with E-state index in [1.807, 2.05) is 33.8 Å². The SMILES string of the molecule is COc1cn2ccnc2cc1-c1ccc2c(c1)CCCN2c1nn(C2CCC(CN3Cc4cc5c(cc4C3)C(=O)N(C3CCC(=O)NC3=O)C5=O)CC2)c2c1CN(C(C)=O)CC2. The zero-order valence-corrected chi connectivity index (χ0v) is 35.1. The number of pyridine rings is 1. The van der Waals surface area contributed by atoms with Crippen LogP contribution in [0.5, 0.6) is 5.75 Å². The lowest BCUT2D eigenvalue weighted by molar-refractivity contribution is -0.136. The number of piperidine rings is 1. The molecule has 2 fully saturated rings. The number of anilines is 2. The summed E-state index contributed by atoms with van der Waals surface area (Å²) < 4.78 is 10.1. The Labute approximate surface area is 358 Å². The van der Waals surface area contributed by atoms with Crippen LogP contribution in [-0.4, -0.2) is 96.2 Å². The zero-order valence-electron chi connectivity index (χ0n) is 35.1. The van der Waals surface area contributed by atoms with E-state index >= 15 is 0 Å². The van der Waals surface area contributed by atoms with Crippen LogP contribution < -0.4 is 15.0 Å². The molecule has 15 nitrogen and oxygen atoms in total. The first kappa shape index (κ1) is 38.6. The normalized spacial score (nSPS) is 22.5. The van der Waals surface area contributed by atoms with Crippen molar-refractivity contribution in [1.82, 2.24) is 39.2 Å². The van der Waals surface area contributed by atoms with Crippen molar-refractivity contribution in [3.05, 3.63) is 94.1 Å². The minimum Gasteiger partial charge on any atom is -0.495 e. The second kappa shape index (κ2) is 14.9. The summed E-state index contributed by atoms with van der Waals surface area (Å²) in [5, 5.41) is 7.74. The maximum atomic E-state index is 13.5. The van der Waals surface area contributed by atoms with Crippen molar-refractivity contribution in [2.24, 2.45) is 5.92 Å². The van der Waals surface area contributed by atoms with Crippen LogP contribution in [0, 0.1) is 5.92 Å². The number of benzene rings is 2. The molecule has 6 aliphatic rings. The summed E-state index contributed by atoms with van der Waals surface area (Å²) in [5.41, 5.74) is 10.6. The summed E-state index contributed by atoms with van der Waals surface area (Å²) in [5.74, 6) is 0.453. The Hall–Kier alpha value is -6.35. The maximum Gasteiger partial charge on any atom is 0.262 e. The number of amides is 5. The number of imide groups is 2. The molecule has 11 rings (SSSR count). The van der Waals surface area contributed by atoms with Gasteiger partial charge in [0.1, 0.15) is 17.4 Å². The average Bonchev–Trinajstić information content (AvgIpc) is 4.06. The molecule has 0 spiro atoms. The van der Waals surface area contributed by atoms with Crippen molar-refractivity contribution in [3.63, 3.8) is 0 Å². The Morgan fingerprint density at radius 2 is 1.63 bits per heavy atom. The molecule has 1 saturated carbocycles. The second-order valence-corrected chi connectivity index (χ2v) is 17.9. The van der Waals surface area contributed by atoms with Gasteiger partial charge >= 0.3 is 0 Å². The van der Waals surface area contributed by atoms with Crippen LogP contribution in [0.25, 0.3) is 16.8 Å². The minimum atomic E-state index is -0.966. The Morgan fingerprint density at radius 1 is 0.855 bits per heavy atom. The van der Waals surface area contributed by atoms with Crippen LogP contribution in [0.15, 0.2) is 55.0 Å². The highest BCUT2D eigenvalue weighted by Gasteiger charge is 2.45. The quantitative estimate of drug-likeness (QED) is 0.213. The van der Waals surface area contributed by atoms with Gasteiger partial charge in [-0.25, -0.2) is 4.98 Å². The maximum absolute atomic E-state index is 13.5. The van der Waals surface area contributed by atoms with Gasteiger partial charge in [-0.2, -0.15) is 5.10 Å². The number of hydrogen-bond donors (Lipinski definition) is 1. The smallest absolute Gasteiger partial charge is 0.262 e. The Morgan fingerprint density at radius 3 is 2.35 bits per heavy atom. The van der Waals surface area contributed by atoms with E-state index in [0.29, 0.717) is 43.2 Å². The van der Waals surface area contributed by atoms with Crippen molar-refractivity contribution >= 4 is 46.7 Å². The van der Waals surface area contributed by atoms with Gasteiger partial charge in [-0.1, -0.05) is 6.07 Å². The van der Waals surface area contributed by atoms with Crippen molar-refractivity contribution in [1.29, 1.82) is 0 Å². The molecule has 5 amide bonds. The monoisotopic (exact) mass is 835 g/mol. The number of hydrogen-bond acceptors (Lipinski definition) is 10. The second-order valence-electron chi connectivity index (χ2n) is 17.9. The molecule has 5 aromatic rings. The lowest BCUT2D eigenvalue weighted by Gasteiger charge is -2.33. The van der Waals surface area contributed by atoms with Crippen LogP contribution >= 0.6 is 0 Å². The molecule has 1 aliphatic carbocycles. The Balaban J connectivity index is 0.794. The fraction of sp³-hybridized carbons (Fsp3) is 0.426. The molecule has 5 aliphatic heterocycles. The van der Waals surface area contributed by atoms with Crippen LogP contribution in [0.1, 0.15) is 107 Å². The third-order valence-corrected chi connectivity index (χ3v) is 14.2. The van der Waals surface area contributed by atoms with Gasteiger partial charge in [0.05, 0.1) is 37.0 Å². The summed E-state index contributed by atoms with van der Waals surface area (Å²) in [6, 6.07) is 11.8. The van der Waals surface area contributed by atoms with Crippen molar-refractivity contribution < 1.29 is 28.7 Å². The van der Waals surface area contributed by atoms with Crippen LogP contribution in [0.3, 0.4) is 0 Å². The van der Waals surface area contributed by atoms with E-state index in [4.69, 9.17) is 9.84 Å². The molecule has 8 heterocycles. The molecule has 0 radical (unpaired) electrons. The van der Waals surface area contributed by atoms with Gasteiger partial charge in [0.2, 0.25) is 17.7 Å². The number of aryl methyl sites for hydroxylation is 1. The highest BCUT2D eigenvalue weighted by Crippen LogP contribution is 2.43. The highest BCUT2D eigenvalue weighted by atomic mass is 16.5. The molecular weight excluding hydrogens is 787 g/mol. The minimum absolute atomic E-state index is 0.0861. The number of nitrogens with zero attached hydrogens (tertiary/aromatic N) is 8. The molecule has 318 valence electrons. The van der Waals surface area contributed by atoms with E-state index in [-0.39, 0.29) is 30.7 Å². The van der Waals surface area contributed by atoms with Gasteiger partial charge in [0.25, 0.3) is 11.8 Å². The molecule has 0 bridgehead atoms. The molecule has 2 aromatic carbocycles. The third kappa shape index (κ3) is 6.38. The molecule has 1 unspecified atom stereocenters. The van der Waals surface area contributed by atoms with E-state index in [1.54, 1.807) is 20.2 Å². The number of nitrogens with one attached hydrogen (secondary N) is 1. The van der Waals surface area contributed by atoms with Gasteiger partial charge in [0.15, 0.2) is 5.82 Å². The van der Waals surface area contributed by atoms with E-state index < -0.39 is 23.8 Å². The molecule has 1 saturated heterocycles. The highest BCUT2D eigenvalue weighted by molar-refractivity contribution is 6.23. The Bertz CT molecular complexity index is 2680. The number of carbonyl (C=O) groups is 5. The number of carbonyl (C=O) groups excluding carboxylic acids is 5. The first-order valence-electron chi connectivity index (χ1n) is 22.0. The van der Waals surface area contributed by atoms with Crippen molar-refractivity contribution in [2.75, 3.05) is 31.6 Å². The van der Waals surface area contributed by atoms with Gasteiger partial charge in [-0.15, -0.1) is 0 Å². The largest absolute Gasteiger partial charge is 0.495 e. The topological polar surface area (TPSA) is 155 Å². The Kier molecular flexibility index (Phi) is 9.29. The fourth-order valence-electron chi connectivity index (χ4n) is 11.0. The number of methoxy groups -OCH3 is 1. The van der Waals surface area contributed by atoms with Crippen LogP contribution in [-0.2, 0) is 46.9 Å². The van der Waals surface area contributed by atoms with E-state index in [2.05, 4.69) is 49.0 Å². The van der Waals surface area contributed by atoms with Gasteiger partial charge < -0.3 is 18.9 Å². The lowest BCUT2D eigenvalue weighted by Crippen LogP contribution is -2.54. The van der Waals surface area contributed by atoms with Crippen molar-refractivity contribution in [3.8, 4) is 16.9 Å². The first-order valence-corrected chi connectivity index (χ1v) is 22.0. The summed E-state index contributed by atoms with van der Waals surface area (Å²) in [7, 11) is 1.70. The number of aromatic nitrogens is 4. The molecule has 1 N–H and O–H groups in total. The molecule has 3 aromatic heterocycles. The fourth-order valence-corrected chi connectivity index (χ4v) is 11.0. The summed E-state index contributed by atoms with van der Waals surface area (Å²) in [6.07, 6.45) is 12.8. The molecule has 62 heavy (non-hydrogen) atoms. The van der Waals surface area contributed by atoms with Crippen molar-refractivity contribution in [2.45, 2.75) is 96.4 Å². The third-order valence-electron chi connectivity index (χ3n) is 14.2. The summed E-state index contributed by atoms with van der Waals surface area (Å²) in [6.45, 7) is 6.11. The average molecular weight is 836 g/mol. The van der Waals surface area contributed by atoms with Crippen LogP contribution in [0.2, 0.25) is 0 Å². The van der Waals surface area contributed by atoms with E-state index in [9.17, 15) is 24.0 Å². The van der Waals surface area contributed by atoms with Crippen LogP contribution in [0.4, 0.5) is 11.5 Å². The molecular formula is C47H49N9O6. The molecule has 15 heteroatoms. The molecule has 1 atom stereocenters. The first-order chi connectivity index (χ1) is 30.1. The number of rotatable bonds is 7. The standard InChI is InChI=1S/C47H49N9O6/c1-27(57)52-16-13-39-37(25-52)44(54-15-3-4-30-18-29(7-10-38(30)54)34-21-42-48-14-17-53(42)26-41(34)62-2)50-56(39)33-8-5-28(6-9-33)22-51-23-31-19-35-36(20-32(31)24-51)47(61)55(46(35)60)40-11-12-43(58)49-45(40)59/h7,10,14,17-21,26,28,33,40H,3-6,8-9,11-13,15-16,22-25H2,1-2H3,(H,49,58,59). The number of ether oxygens (including phenoxy) is 1. The number of imidazole rings is 1. The van der Waals surface area contributed by atoms with Gasteiger partial charge in [-0.05, 0) is 103 Å². The summed E-state index contributed by atoms with van der Waals surface area (Å²) in [4.78, 5) is 76.2. The summed E-state index contributed by atoms with van der Waals surface area (Å²) >= 11 is 0. The van der Waals surface area contributed by atoms with E-state index in [0.717, 1.165) is 114 Å². The van der Waals surface area contributed by atoms with E-state index in [1.165, 1.54) is 11.3 Å². The zero-order chi connectivity index (χ0) is 42.4. The lowest BCUT2D eigenvalue weighted by atomic mass is 9.85. The van der Waals surface area contributed by atoms with Gasteiger partial charge in [-0.3, -0.25) is 43.8 Å².